The molecule has 6 rings (SSSR count). The van der Waals surface area contributed by atoms with Crippen LogP contribution in [0.2, 0.25) is 0 Å². The van der Waals surface area contributed by atoms with Crippen LogP contribution >= 0.6 is 11.3 Å². The molecule has 2 aromatic carbocycles. The Labute approximate surface area is 249 Å². The Bertz CT molecular complexity index is 1820. The highest BCUT2D eigenvalue weighted by molar-refractivity contribution is 7.11. The number of amides is 1. The maximum absolute atomic E-state index is 15.2. The lowest BCUT2D eigenvalue weighted by atomic mass is 10.1. The van der Waals surface area contributed by atoms with Crippen LogP contribution in [0.3, 0.4) is 0 Å². The van der Waals surface area contributed by atoms with E-state index in [1.807, 2.05) is 13.8 Å². The molecular formula is C29H26FN7O5S. The van der Waals surface area contributed by atoms with Crippen molar-refractivity contribution >= 4 is 39.7 Å². The fraction of sp³-hybridized carbons (Fsp3) is 0.241. The molecule has 43 heavy (non-hydrogen) atoms. The number of halogens is 1. The zero-order valence-corrected chi connectivity index (χ0v) is 24.2. The fourth-order valence-electron chi connectivity index (χ4n) is 4.28. The molecule has 4 heterocycles. The zero-order chi connectivity index (χ0) is 30.1. The summed E-state index contributed by atoms with van der Waals surface area (Å²) in [6.45, 7) is 8.28. The van der Waals surface area contributed by atoms with Crippen molar-refractivity contribution in [2.75, 3.05) is 25.5 Å². The number of carbonyl (C=O) groups is 1. The van der Waals surface area contributed by atoms with Crippen molar-refractivity contribution in [2.24, 2.45) is 0 Å². The van der Waals surface area contributed by atoms with Crippen LogP contribution in [0.5, 0.6) is 22.4 Å². The number of likely N-dealkylation sites (tertiary alicyclic amines) is 1. The van der Waals surface area contributed by atoms with Crippen LogP contribution in [0, 0.1) is 5.82 Å². The van der Waals surface area contributed by atoms with E-state index in [-0.39, 0.29) is 29.4 Å². The molecular weight excluding hydrogens is 577 g/mol. The van der Waals surface area contributed by atoms with Crippen molar-refractivity contribution in [1.82, 2.24) is 30.0 Å². The summed E-state index contributed by atoms with van der Waals surface area (Å²) in [5.41, 5.74) is 1.23. The van der Waals surface area contributed by atoms with Gasteiger partial charge in [-0.15, -0.1) is 10.2 Å². The van der Waals surface area contributed by atoms with Crippen molar-refractivity contribution in [3.05, 3.63) is 66.4 Å². The average Bonchev–Trinajstić information content (AvgIpc) is 3.66. The third kappa shape index (κ3) is 5.81. The second kappa shape index (κ2) is 11.6. The second-order valence-corrected chi connectivity index (χ2v) is 10.7. The third-order valence-electron chi connectivity index (χ3n) is 6.58. The van der Waals surface area contributed by atoms with Crippen LogP contribution in [-0.2, 0) is 4.79 Å². The van der Waals surface area contributed by atoms with Gasteiger partial charge in [-0.3, -0.25) is 4.79 Å². The Hall–Kier alpha value is -5.11. The molecule has 0 atom stereocenters. The minimum Gasteiger partial charge on any atom is -0.493 e. The number of rotatable bonds is 10. The SMILES string of the molecule is C=CC(=O)N1CC(Oc2cc3c(Nc4ccc(Oc5nc(-c6nnc(C(C)C)o6)cs5)cc4F)ncnc3cc2OC)C1. The highest BCUT2D eigenvalue weighted by Gasteiger charge is 2.32. The van der Waals surface area contributed by atoms with Crippen LogP contribution < -0.4 is 19.5 Å². The third-order valence-corrected chi connectivity index (χ3v) is 7.30. The molecule has 1 amide bonds. The number of benzene rings is 2. The topological polar surface area (TPSA) is 138 Å². The van der Waals surface area contributed by atoms with E-state index >= 15 is 4.39 Å². The first kappa shape index (κ1) is 28.0. The van der Waals surface area contributed by atoms with Crippen molar-refractivity contribution in [1.29, 1.82) is 0 Å². The molecule has 0 radical (unpaired) electrons. The van der Waals surface area contributed by atoms with Gasteiger partial charge in [0.2, 0.25) is 11.8 Å². The number of fused-ring (bicyclic) bond motifs is 1. The number of nitrogens with one attached hydrogen (secondary N) is 1. The molecule has 3 aromatic heterocycles. The maximum atomic E-state index is 15.2. The van der Waals surface area contributed by atoms with Gasteiger partial charge < -0.3 is 28.8 Å². The summed E-state index contributed by atoms with van der Waals surface area (Å²) in [5, 5.41) is 13.7. The molecule has 0 bridgehead atoms. The van der Waals surface area contributed by atoms with E-state index in [0.29, 0.717) is 64.0 Å². The normalized spacial score (nSPS) is 13.2. The lowest BCUT2D eigenvalue weighted by Gasteiger charge is -2.38. The minimum absolute atomic E-state index is 0.0959. The highest BCUT2D eigenvalue weighted by atomic mass is 32.1. The smallest absolute Gasteiger partial charge is 0.279 e. The molecule has 14 heteroatoms. The maximum Gasteiger partial charge on any atom is 0.279 e. The Morgan fingerprint density at radius 1 is 1.21 bits per heavy atom. The van der Waals surface area contributed by atoms with E-state index in [1.165, 1.54) is 36.9 Å². The number of hydrogen-bond donors (Lipinski definition) is 1. The first-order chi connectivity index (χ1) is 20.8. The van der Waals surface area contributed by atoms with Crippen LogP contribution in [0.25, 0.3) is 22.5 Å². The van der Waals surface area contributed by atoms with E-state index < -0.39 is 5.82 Å². The summed E-state index contributed by atoms with van der Waals surface area (Å²) in [7, 11) is 1.53. The molecule has 0 aliphatic carbocycles. The Morgan fingerprint density at radius 3 is 2.77 bits per heavy atom. The Kier molecular flexibility index (Phi) is 7.59. The molecule has 1 aliphatic rings. The molecule has 0 spiro atoms. The van der Waals surface area contributed by atoms with Crippen LogP contribution in [0.15, 0.2) is 59.1 Å². The molecule has 1 saturated heterocycles. The van der Waals surface area contributed by atoms with Gasteiger partial charge in [-0.2, -0.15) is 4.98 Å². The predicted molar refractivity (Wildman–Crippen MR) is 157 cm³/mol. The van der Waals surface area contributed by atoms with E-state index in [1.54, 1.807) is 34.5 Å². The number of ether oxygens (including phenoxy) is 3. The van der Waals surface area contributed by atoms with Crippen LogP contribution in [-0.4, -0.2) is 62.3 Å². The fourth-order valence-corrected chi connectivity index (χ4v) is 4.94. The minimum atomic E-state index is -0.564. The van der Waals surface area contributed by atoms with Crippen molar-refractivity contribution in [3.8, 4) is 34.0 Å². The Balaban J connectivity index is 1.18. The number of carbonyl (C=O) groups excluding carboxylic acids is 1. The summed E-state index contributed by atoms with van der Waals surface area (Å²) >= 11 is 1.23. The predicted octanol–water partition coefficient (Wildman–Crippen LogP) is 5.72. The van der Waals surface area contributed by atoms with Gasteiger partial charge in [0.1, 0.15) is 35.5 Å². The molecule has 5 aromatic rings. The highest BCUT2D eigenvalue weighted by Crippen LogP contribution is 2.37. The average molecular weight is 604 g/mol. The van der Waals surface area contributed by atoms with Gasteiger partial charge in [0.05, 0.1) is 31.4 Å². The standard InChI is InChI=1S/C29H26FN7O5S/c1-5-25(38)37-11-17(12-37)40-24-9-18-21(10-23(24)39-4)31-14-32-26(18)33-20-7-6-16(8-19(20)30)41-29-34-22(13-43-29)28-36-35-27(42-28)15(2)3/h5-10,13-15,17H,1,11-12H2,2-4H3,(H,31,32,33). The summed E-state index contributed by atoms with van der Waals surface area (Å²) in [4.78, 5) is 26.4. The van der Waals surface area contributed by atoms with Gasteiger partial charge in [-0.1, -0.05) is 31.8 Å². The lowest BCUT2D eigenvalue weighted by molar-refractivity contribution is -0.134. The van der Waals surface area contributed by atoms with Gasteiger partial charge in [0.15, 0.2) is 11.5 Å². The molecule has 1 fully saturated rings. The molecule has 0 unspecified atom stereocenters. The number of thiazole rings is 1. The van der Waals surface area contributed by atoms with Crippen LogP contribution in [0.1, 0.15) is 25.7 Å². The Morgan fingerprint density at radius 2 is 2.05 bits per heavy atom. The summed E-state index contributed by atoms with van der Waals surface area (Å²) in [6.07, 6.45) is 2.44. The van der Waals surface area contributed by atoms with E-state index in [2.05, 4.69) is 37.0 Å². The quantitative estimate of drug-likeness (QED) is 0.196. The molecule has 1 aliphatic heterocycles. The first-order valence-corrected chi connectivity index (χ1v) is 14.1. The van der Waals surface area contributed by atoms with Crippen LogP contribution in [0.4, 0.5) is 15.9 Å². The van der Waals surface area contributed by atoms with Crippen molar-refractivity contribution in [3.63, 3.8) is 0 Å². The van der Waals surface area contributed by atoms with E-state index in [4.69, 9.17) is 18.6 Å². The zero-order valence-electron chi connectivity index (χ0n) is 23.4. The van der Waals surface area contributed by atoms with E-state index in [0.717, 1.165) is 0 Å². The van der Waals surface area contributed by atoms with E-state index in [9.17, 15) is 4.79 Å². The van der Waals surface area contributed by atoms with Gasteiger partial charge in [0, 0.05) is 28.8 Å². The van der Waals surface area contributed by atoms with Gasteiger partial charge in [-0.05, 0) is 24.3 Å². The van der Waals surface area contributed by atoms with Gasteiger partial charge in [0.25, 0.3) is 11.1 Å². The summed E-state index contributed by atoms with van der Waals surface area (Å²) in [5.74, 6) is 1.75. The number of anilines is 2. The molecule has 0 saturated carbocycles. The van der Waals surface area contributed by atoms with Crippen molar-refractivity contribution in [2.45, 2.75) is 25.9 Å². The van der Waals surface area contributed by atoms with Gasteiger partial charge >= 0.3 is 0 Å². The largest absolute Gasteiger partial charge is 0.493 e. The lowest BCUT2D eigenvalue weighted by Crippen LogP contribution is -2.55. The van der Waals surface area contributed by atoms with Gasteiger partial charge in [-0.25, -0.2) is 14.4 Å². The monoisotopic (exact) mass is 603 g/mol. The first-order valence-electron chi connectivity index (χ1n) is 13.3. The second-order valence-electron chi connectivity index (χ2n) is 9.90. The number of hydrogen-bond acceptors (Lipinski definition) is 12. The number of aromatic nitrogens is 5. The summed E-state index contributed by atoms with van der Waals surface area (Å²) in [6, 6.07) is 7.86. The molecule has 1 N–H and O–H groups in total. The summed E-state index contributed by atoms with van der Waals surface area (Å²) < 4.78 is 38.2. The number of methoxy groups -OCH3 is 1. The molecule has 12 nitrogen and oxygen atoms in total. The van der Waals surface area contributed by atoms with Crippen molar-refractivity contribution < 1.29 is 27.8 Å². The number of nitrogens with zero attached hydrogens (tertiary/aromatic N) is 6. The molecule has 220 valence electrons.